The maximum atomic E-state index is 13.5. The summed E-state index contributed by atoms with van der Waals surface area (Å²) in [5.74, 6) is 0.841. The van der Waals surface area contributed by atoms with Gasteiger partial charge in [-0.05, 0) is 48.4 Å². The van der Waals surface area contributed by atoms with E-state index in [0.717, 1.165) is 35.3 Å². The van der Waals surface area contributed by atoms with E-state index in [1.54, 1.807) is 6.07 Å². The first kappa shape index (κ1) is 14.5. The monoisotopic (exact) mass is 349 g/mol. The minimum atomic E-state index is -0.131. The van der Waals surface area contributed by atoms with Crippen LogP contribution in [0.5, 0.6) is 5.75 Å². The number of fused-ring (bicyclic) bond motifs is 1. The lowest BCUT2D eigenvalue weighted by molar-refractivity contribution is 0.228. The van der Waals surface area contributed by atoms with Gasteiger partial charge in [0.05, 0.1) is 0 Å². The molecule has 1 aliphatic rings. The Kier molecular flexibility index (Phi) is 4.56. The molecule has 0 saturated heterocycles. The molecular weight excluding hydrogens is 333 g/mol. The molecule has 2 aromatic rings. The maximum Gasteiger partial charge on any atom is 0.126 e. The van der Waals surface area contributed by atoms with Gasteiger partial charge in [0.2, 0.25) is 0 Å². The van der Waals surface area contributed by atoms with Crippen molar-refractivity contribution in [3.05, 3.63) is 63.9 Å². The first-order valence-corrected chi connectivity index (χ1v) is 7.91. The summed E-state index contributed by atoms with van der Waals surface area (Å²) in [6, 6.07) is 13.0. The number of ether oxygens (including phenoxy) is 1. The van der Waals surface area contributed by atoms with E-state index >= 15 is 0 Å². The largest absolute Gasteiger partial charge is 0.488 e. The third kappa shape index (κ3) is 3.63. The number of hydrogen-bond donors (Lipinski definition) is 1. The minimum Gasteiger partial charge on any atom is -0.488 e. The van der Waals surface area contributed by atoms with Crippen molar-refractivity contribution < 1.29 is 9.13 Å². The molecule has 110 valence electrons. The second-order valence-electron chi connectivity index (χ2n) is 5.24. The van der Waals surface area contributed by atoms with Crippen LogP contribution in [0, 0.1) is 5.82 Å². The Morgan fingerprint density at radius 2 is 2.10 bits per heavy atom. The van der Waals surface area contributed by atoms with Gasteiger partial charge in [0.15, 0.2) is 0 Å². The van der Waals surface area contributed by atoms with Gasteiger partial charge >= 0.3 is 0 Å². The molecule has 3 rings (SSSR count). The molecule has 0 fully saturated rings. The molecule has 0 bridgehead atoms. The summed E-state index contributed by atoms with van der Waals surface area (Å²) >= 11 is 3.47. The Hall–Kier alpha value is -1.39. The Bertz CT molecular complexity index is 632. The van der Waals surface area contributed by atoms with Crippen LogP contribution in [0.25, 0.3) is 0 Å². The highest BCUT2D eigenvalue weighted by molar-refractivity contribution is 9.10. The van der Waals surface area contributed by atoms with E-state index in [-0.39, 0.29) is 11.9 Å². The SMILES string of the molecule is Fc1ccccc1CCNCC1Cc2cc(Br)ccc2O1. The fraction of sp³-hybridized carbons (Fsp3) is 0.294. The quantitative estimate of drug-likeness (QED) is 0.830. The summed E-state index contributed by atoms with van der Waals surface area (Å²) < 4.78 is 20.4. The zero-order valence-corrected chi connectivity index (χ0v) is 13.2. The molecule has 1 unspecified atom stereocenters. The second-order valence-corrected chi connectivity index (χ2v) is 6.16. The van der Waals surface area contributed by atoms with Gasteiger partial charge in [-0.25, -0.2) is 4.39 Å². The number of halogens is 2. The van der Waals surface area contributed by atoms with Crippen molar-refractivity contribution in [1.29, 1.82) is 0 Å². The van der Waals surface area contributed by atoms with Crippen LogP contribution in [0.2, 0.25) is 0 Å². The molecule has 0 aromatic heterocycles. The van der Waals surface area contributed by atoms with Crippen LogP contribution in [-0.2, 0) is 12.8 Å². The summed E-state index contributed by atoms with van der Waals surface area (Å²) in [4.78, 5) is 0. The summed E-state index contributed by atoms with van der Waals surface area (Å²) in [6.45, 7) is 1.53. The highest BCUT2D eigenvalue weighted by Gasteiger charge is 2.22. The van der Waals surface area contributed by atoms with E-state index in [1.807, 2.05) is 24.3 Å². The molecule has 0 aliphatic carbocycles. The van der Waals surface area contributed by atoms with Gasteiger partial charge in [0, 0.05) is 17.4 Å². The van der Waals surface area contributed by atoms with Crippen molar-refractivity contribution in [3.63, 3.8) is 0 Å². The highest BCUT2D eigenvalue weighted by atomic mass is 79.9. The van der Waals surface area contributed by atoms with Crippen molar-refractivity contribution in [3.8, 4) is 5.75 Å². The molecule has 2 aromatic carbocycles. The Balaban J connectivity index is 1.44. The molecule has 1 N–H and O–H groups in total. The Morgan fingerprint density at radius 1 is 1.24 bits per heavy atom. The van der Waals surface area contributed by atoms with Gasteiger partial charge < -0.3 is 10.1 Å². The average molecular weight is 350 g/mol. The average Bonchev–Trinajstić information content (AvgIpc) is 2.87. The van der Waals surface area contributed by atoms with Crippen LogP contribution in [0.4, 0.5) is 4.39 Å². The lowest BCUT2D eigenvalue weighted by Gasteiger charge is -2.12. The lowest BCUT2D eigenvalue weighted by atomic mass is 10.1. The zero-order chi connectivity index (χ0) is 14.7. The number of benzene rings is 2. The van der Waals surface area contributed by atoms with E-state index in [9.17, 15) is 4.39 Å². The van der Waals surface area contributed by atoms with Crippen LogP contribution in [-0.4, -0.2) is 19.2 Å². The predicted molar refractivity (Wildman–Crippen MR) is 85.2 cm³/mol. The van der Waals surface area contributed by atoms with Gasteiger partial charge in [0.1, 0.15) is 17.7 Å². The van der Waals surface area contributed by atoms with Crippen LogP contribution >= 0.6 is 15.9 Å². The summed E-state index contributed by atoms with van der Waals surface area (Å²) in [5.41, 5.74) is 2.00. The van der Waals surface area contributed by atoms with E-state index in [2.05, 4.69) is 27.3 Å². The van der Waals surface area contributed by atoms with E-state index < -0.39 is 0 Å². The predicted octanol–water partition coefficient (Wildman–Crippen LogP) is 3.72. The van der Waals surface area contributed by atoms with Gasteiger partial charge in [-0.15, -0.1) is 0 Å². The number of rotatable bonds is 5. The van der Waals surface area contributed by atoms with Crippen molar-refractivity contribution >= 4 is 15.9 Å². The highest BCUT2D eigenvalue weighted by Crippen LogP contribution is 2.30. The molecular formula is C17H17BrFNO. The van der Waals surface area contributed by atoms with Crippen LogP contribution in [0.15, 0.2) is 46.9 Å². The van der Waals surface area contributed by atoms with Crippen molar-refractivity contribution in [1.82, 2.24) is 5.32 Å². The number of hydrogen-bond acceptors (Lipinski definition) is 2. The smallest absolute Gasteiger partial charge is 0.126 e. The third-order valence-electron chi connectivity index (χ3n) is 3.66. The summed E-state index contributed by atoms with van der Waals surface area (Å²) in [6.07, 6.45) is 1.77. The Labute approximate surface area is 132 Å². The van der Waals surface area contributed by atoms with Crippen molar-refractivity contribution in [2.45, 2.75) is 18.9 Å². The molecule has 1 heterocycles. The van der Waals surface area contributed by atoms with Gasteiger partial charge in [-0.3, -0.25) is 0 Å². The van der Waals surface area contributed by atoms with E-state index in [4.69, 9.17) is 4.74 Å². The van der Waals surface area contributed by atoms with E-state index in [0.29, 0.717) is 6.42 Å². The maximum absolute atomic E-state index is 13.5. The molecule has 0 radical (unpaired) electrons. The molecule has 0 amide bonds. The first-order chi connectivity index (χ1) is 10.2. The van der Waals surface area contributed by atoms with Gasteiger partial charge in [-0.1, -0.05) is 34.1 Å². The molecule has 4 heteroatoms. The summed E-state index contributed by atoms with van der Waals surface area (Å²) in [7, 11) is 0. The third-order valence-corrected chi connectivity index (χ3v) is 4.16. The zero-order valence-electron chi connectivity index (χ0n) is 11.6. The first-order valence-electron chi connectivity index (χ1n) is 7.11. The van der Waals surface area contributed by atoms with Crippen LogP contribution in [0.1, 0.15) is 11.1 Å². The molecule has 0 saturated carbocycles. The lowest BCUT2D eigenvalue weighted by Crippen LogP contribution is -2.31. The molecule has 21 heavy (non-hydrogen) atoms. The van der Waals surface area contributed by atoms with Crippen LogP contribution in [0.3, 0.4) is 0 Å². The minimum absolute atomic E-state index is 0.131. The second kappa shape index (κ2) is 6.58. The van der Waals surface area contributed by atoms with Gasteiger partial charge in [0.25, 0.3) is 0 Å². The van der Waals surface area contributed by atoms with Crippen molar-refractivity contribution in [2.75, 3.05) is 13.1 Å². The van der Waals surface area contributed by atoms with E-state index in [1.165, 1.54) is 11.6 Å². The standard InChI is InChI=1S/C17H17BrFNO/c18-14-5-6-17-13(9-14)10-15(21-17)11-20-8-7-12-3-1-2-4-16(12)19/h1-6,9,15,20H,7-8,10-11H2. The Morgan fingerprint density at radius 3 is 2.95 bits per heavy atom. The number of nitrogens with one attached hydrogen (secondary N) is 1. The molecule has 1 atom stereocenters. The topological polar surface area (TPSA) is 21.3 Å². The molecule has 0 spiro atoms. The fourth-order valence-electron chi connectivity index (χ4n) is 2.59. The normalized spacial score (nSPS) is 16.6. The van der Waals surface area contributed by atoms with Crippen molar-refractivity contribution in [2.24, 2.45) is 0 Å². The molecule has 2 nitrogen and oxygen atoms in total. The summed E-state index contributed by atoms with van der Waals surface area (Å²) in [5, 5.41) is 3.35. The molecule has 1 aliphatic heterocycles. The van der Waals surface area contributed by atoms with Gasteiger partial charge in [-0.2, -0.15) is 0 Å². The fourth-order valence-corrected chi connectivity index (χ4v) is 3.00. The van der Waals surface area contributed by atoms with Crippen LogP contribution < -0.4 is 10.1 Å².